The number of rotatable bonds is 3. The van der Waals surface area contributed by atoms with Gasteiger partial charge in [0.15, 0.2) is 0 Å². The van der Waals surface area contributed by atoms with Crippen LogP contribution in [0.3, 0.4) is 0 Å². The molecule has 2 nitrogen and oxygen atoms in total. The maximum Gasteiger partial charge on any atom is 0.126 e. The standard InChI is InChI=1S/C13H18FNO/c1-13(16,12-7-4-8-15-12)9-10-5-2-3-6-11(10)14/h2-3,5-6,12,15-16H,4,7-9H2,1H3. The van der Waals surface area contributed by atoms with E-state index in [2.05, 4.69) is 5.32 Å². The lowest BCUT2D eigenvalue weighted by atomic mass is 9.88. The monoisotopic (exact) mass is 223 g/mol. The molecule has 2 atom stereocenters. The molecular weight excluding hydrogens is 205 g/mol. The first kappa shape index (κ1) is 11.6. The summed E-state index contributed by atoms with van der Waals surface area (Å²) in [6.07, 6.45) is 2.40. The van der Waals surface area contributed by atoms with Gasteiger partial charge in [0.2, 0.25) is 0 Å². The Balaban J connectivity index is 2.10. The summed E-state index contributed by atoms with van der Waals surface area (Å²) in [6, 6.07) is 6.72. The van der Waals surface area contributed by atoms with E-state index in [1.807, 2.05) is 0 Å². The van der Waals surface area contributed by atoms with Crippen molar-refractivity contribution >= 4 is 0 Å². The molecule has 88 valence electrons. The van der Waals surface area contributed by atoms with Crippen LogP contribution in [-0.4, -0.2) is 23.3 Å². The highest BCUT2D eigenvalue weighted by molar-refractivity contribution is 5.20. The van der Waals surface area contributed by atoms with Crippen molar-refractivity contribution in [2.45, 2.75) is 37.8 Å². The maximum absolute atomic E-state index is 13.5. The third-order valence-electron chi connectivity index (χ3n) is 3.32. The van der Waals surface area contributed by atoms with Gasteiger partial charge in [-0.1, -0.05) is 18.2 Å². The van der Waals surface area contributed by atoms with Crippen LogP contribution < -0.4 is 5.32 Å². The molecule has 0 aromatic heterocycles. The van der Waals surface area contributed by atoms with Crippen LogP contribution in [0, 0.1) is 5.82 Å². The first-order valence-corrected chi connectivity index (χ1v) is 5.79. The first-order chi connectivity index (χ1) is 7.59. The smallest absolute Gasteiger partial charge is 0.126 e. The van der Waals surface area contributed by atoms with E-state index in [-0.39, 0.29) is 11.9 Å². The molecule has 0 aliphatic carbocycles. The van der Waals surface area contributed by atoms with Crippen LogP contribution in [0.1, 0.15) is 25.3 Å². The lowest BCUT2D eigenvalue weighted by molar-refractivity contribution is 0.0254. The van der Waals surface area contributed by atoms with Gasteiger partial charge >= 0.3 is 0 Å². The molecule has 1 aromatic carbocycles. The van der Waals surface area contributed by atoms with Crippen LogP contribution in [0.25, 0.3) is 0 Å². The summed E-state index contributed by atoms with van der Waals surface area (Å²) < 4.78 is 13.5. The van der Waals surface area contributed by atoms with E-state index in [0.29, 0.717) is 12.0 Å². The Labute approximate surface area is 95.5 Å². The molecule has 0 spiro atoms. The Morgan fingerprint density at radius 3 is 2.88 bits per heavy atom. The quantitative estimate of drug-likeness (QED) is 0.820. The molecule has 3 heteroatoms. The molecule has 2 N–H and O–H groups in total. The van der Waals surface area contributed by atoms with E-state index < -0.39 is 5.60 Å². The zero-order valence-corrected chi connectivity index (χ0v) is 9.54. The van der Waals surface area contributed by atoms with Gasteiger partial charge < -0.3 is 10.4 Å². The number of hydrogen-bond donors (Lipinski definition) is 2. The fourth-order valence-corrected chi connectivity index (χ4v) is 2.37. The van der Waals surface area contributed by atoms with Crippen molar-refractivity contribution in [2.24, 2.45) is 0 Å². The Kier molecular flexibility index (Phi) is 3.26. The van der Waals surface area contributed by atoms with Gasteiger partial charge in [-0.05, 0) is 37.9 Å². The second-order valence-corrected chi connectivity index (χ2v) is 4.77. The molecule has 1 aliphatic heterocycles. The zero-order valence-electron chi connectivity index (χ0n) is 9.54. The normalized spacial score (nSPS) is 24.3. The van der Waals surface area contributed by atoms with Crippen molar-refractivity contribution in [3.8, 4) is 0 Å². The predicted molar refractivity (Wildman–Crippen MR) is 61.8 cm³/mol. The molecule has 1 aromatic rings. The van der Waals surface area contributed by atoms with E-state index in [4.69, 9.17) is 0 Å². The number of benzene rings is 1. The molecule has 0 amide bonds. The number of halogens is 1. The molecule has 1 heterocycles. The molecule has 1 fully saturated rings. The van der Waals surface area contributed by atoms with E-state index in [9.17, 15) is 9.50 Å². The van der Waals surface area contributed by atoms with Gasteiger partial charge in [-0.3, -0.25) is 0 Å². The molecule has 16 heavy (non-hydrogen) atoms. The molecule has 1 saturated heterocycles. The highest BCUT2D eigenvalue weighted by Crippen LogP contribution is 2.24. The minimum Gasteiger partial charge on any atom is -0.388 e. The predicted octanol–water partition coefficient (Wildman–Crippen LogP) is 1.87. The van der Waals surface area contributed by atoms with E-state index >= 15 is 0 Å². The lowest BCUT2D eigenvalue weighted by Gasteiger charge is -2.30. The third kappa shape index (κ3) is 2.42. The lowest BCUT2D eigenvalue weighted by Crippen LogP contribution is -2.47. The zero-order chi connectivity index (χ0) is 11.6. The number of nitrogens with one attached hydrogen (secondary N) is 1. The minimum atomic E-state index is -0.876. The Bertz CT molecular complexity index is 359. The van der Waals surface area contributed by atoms with E-state index in [1.54, 1.807) is 25.1 Å². The Morgan fingerprint density at radius 2 is 2.25 bits per heavy atom. The SMILES string of the molecule is CC(O)(Cc1ccccc1F)C1CCCN1. The van der Waals surface area contributed by atoms with Gasteiger partial charge in [0.1, 0.15) is 5.82 Å². The molecule has 0 bridgehead atoms. The Hall–Kier alpha value is -0.930. The second kappa shape index (κ2) is 4.52. The van der Waals surface area contributed by atoms with Crippen LogP contribution in [0.15, 0.2) is 24.3 Å². The van der Waals surface area contributed by atoms with E-state index in [1.165, 1.54) is 6.07 Å². The fraction of sp³-hybridized carbons (Fsp3) is 0.538. The molecular formula is C13H18FNO. The van der Waals surface area contributed by atoms with Crippen LogP contribution >= 0.6 is 0 Å². The van der Waals surface area contributed by atoms with Crippen molar-refractivity contribution in [3.63, 3.8) is 0 Å². The van der Waals surface area contributed by atoms with Crippen molar-refractivity contribution < 1.29 is 9.50 Å². The van der Waals surface area contributed by atoms with E-state index in [0.717, 1.165) is 19.4 Å². The van der Waals surface area contributed by atoms with Crippen LogP contribution in [-0.2, 0) is 6.42 Å². The number of hydrogen-bond acceptors (Lipinski definition) is 2. The fourth-order valence-electron chi connectivity index (χ4n) is 2.37. The van der Waals surface area contributed by atoms with Gasteiger partial charge in [0.25, 0.3) is 0 Å². The van der Waals surface area contributed by atoms with Crippen LogP contribution in [0.4, 0.5) is 4.39 Å². The van der Waals surface area contributed by atoms with Gasteiger partial charge in [-0.15, -0.1) is 0 Å². The second-order valence-electron chi connectivity index (χ2n) is 4.77. The summed E-state index contributed by atoms with van der Waals surface area (Å²) >= 11 is 0. The van der Waals surface area contributed by atoms with Crippen molar-refractivity contribution in [3.05, 3.63) is 35.6 Å². The summed E-state index contributed by atoms with van der Waals surface area (Å²) in [6.45, 7) is 2.72. The third-order valence-corrected chi connectivity index (χ3v) is 3.32. The minimum absolute atomic E-state index is 0.0760. The van der Waals surface area contributed by atoms with Crippen LogP contribution in [0.5, 0.6) is 0 Å². The first-order valence-electron chi connectivity index (χ1n) is 5.79. The largest absolute Gasteiger partial charge is 0.388 e. The van der Waals surface area contributed by atoms with Crippen LogP contribution in [0.2, 0.25) is 0 Å². The summed E-state index contributed by atoms with van der Waals surface area (Å²) in [5.74, 6) is -0.235. The van der Waals surface area contributed by atoms with Gasteiger partial charge in [-0.2, -0.15) is 0 Å². The topological polar surface area (TPSA) is 32.3 Å². The highest BCUT2D eigenvalue weighted by Gasteiger charge is 2.34. The molecule has 0 radical (unpaired) electrons. The molecule has 1 aliphatic rings. The summed E-state index contributed by atoms with van der Waals surface area (Å²) in [5, 5.41) is 13.6. The summed E-state index contributed by atoms with van der Waals surface area (Å²) in [5.41, 5.74) is -0.292. The van der Waals surface area contributed by atoms with Crippen molar-refractivity contribution in [2.75, 3.05) is 6.54 Å². The molecule has 2 unspecified atom stereocenters. The highest BCUT2D eigenvalue weighted by atomic mass is 19.1. The molecule has 0 saturated carbocycles. The van der Waals surface area contributed by atoms with Gasteiger partial charge in [0, 0.05) is 12.5 Å². The molecule has 2 rings (SSSR count). The van der Waals surface area contributed by atoms with Crippen molar-refractivity contribution in [1.29, 1.82) is 0 Å². The van der Waals surface area contributed by atoms with Gasteiger partial charge in [-0.25, -0.2) is 4.39 Å². The maximum atomic E-state index is 13.5. The van der Waals surface area contributed by atoms with Gasteiger partial charge in [0.05, 0.1) is 5.60 Å². The van der Waals surface area contributed by atoms with Crippen molar-refractivity contribution in [1.82, 2.24) is 5.32 Å². The summed E-state index contributed by atoms with van der Waals surface area (Å²) in [4.78, 5) is 0. The number of aliphatic hydroxyl groups is 1. The Morgan fingerprint density at radius 1 is 1.50 bits per heavy atom. The summed E-state index contributed by atoms with van der Waals surface area (Å²) in [7, 11) is 0. The average molecular weight is 223 g/mol. The average Bonchev–Trinajstić information content (AvgIpc) is 2.75.